The molecule has 1 fully saturated rings. The van der Waals surface area contributed by atoms with Crippen LogP contribution in [0.5, 0.6) is 0 Å². The lowest BCUT2D eigenvalue weighted by atomic mass is 9.88. The number of hydrogen-bond donors (Lipinski definition) is 1. The molecule has 5 nitrogen and oxygen atoms in total. The van der Waals surface area contributed by atoms with Crippen LogP contribution in [0, 0.1) is 12.8 Å². The standard InChI is InChI=1S/C26H31N3O2S/c1-18-6-3-4-8-22(18)26(31)29-15-12-20(13-16-29)24-23(10-9-19(2)28-24)25(30)27-14-11-21-7-5-17-32-21/h4-10,17,20,22H,3,11-16H2,1-2H3,(H,27,30). The third-order valence-corrected chi connectivity index (χ3v) is 7.34. The van der Waals surface area contributed by atoms with Crippen LogP contribution in [0.25, 0.3) is 0 Å². The average Bonchev–Trinajstić information content (AvgIpc) is 3.32. The van der Waals surface area contributed by atoms with Crippen LogP contribution in [0.3, 0.4) is 0 Å². The van der Waals surface area contributed by atoms with E-state index in [4.69, 9.17) is 4.98 Å². The van der Waals surface area contributed by atoms with Crippen LogP contribution < -0.4 is 5.32 Å². The zero-order chi connectivity index (χ0) is 22.5. The lowest BCUT2D eigenvalue weighted by Crippen LogP contribution is -2.42. The molecule has 1 aliphatic heterocycles. The van der Waals surface area contributed by atoms with Crippen molar-refractivity contribution >= 4 is 23.2 Å². The maximum atomic E-state index is 13.0. The van der Waals surface area contributed by atoms with Crippen LogP contribution in [-0.2, 0) is 11.2 Å². The molecule has 1 aliphatic carbocycles. The lowest BCUT2D eigenvalue weighted by molar-refractivity contribution is -0.134. The number of rotatable bonds is 6. The van der Waals surface area contributed by atoms with Crippen molar-refractivity contribution in [3.8, 4) is 0 Å². The van der Waals surface area contributed by atoms with Gasteiger partial charge in [0.05, 0.1) is 17.2 Å². The molecule has 0 aromatic carbocycles. The Morgan fingerprint density at radius 3 is 2.72 bits per heavy atom. The number of nitrogens with one attached hydrogen (secondary N) is 1. The highest BCUT2D eigenvalue weighted by Crippen LogP contribution is 2.31. The monoisotopic (exact) mass is 449 g/mol. The number of aromatic nitrogens is 1. The number of pyridine rings is 1. The Labute approximate surface area is 194 Å². The predicted octanol–water partition coefficient (Wildman–Crippen LogP) is 4.65. The molecule has 6 heteroatoms. The second kappa shape index (κ2) is 10.3. The SMILES string of the molecule is CC1=CCC=CC1C(=O)N1CCC(c2nc(C)ccc2C(=O)NCCc2cccs2)CC1. The number of carbonyl (C=O) groups is 2. The molecule has 0 spiro atoms. The summed E-state index contributed by atoms with van der Waals surface area (Å²) in [7, 11) is 0. The van der Waals surface area contributed by atoms with E-state index in [1.54, 1.807) is 11.3 Å². The maximum Gasteiger partial charge on any atom is 0.253 e. The molecule has 1 atom stereocenters. The fraction of sp³-hybridized carbons (Fsp3) is 0.423. The van der Waals surface area contributed by atoms with Gasteiger partial charge in [-0.25, -0.2) is 0 Å². The normalized spacial score (nSPS) is 19.0. The highest BCUT2D eigenvalue weighted by molar-refractivity contribution is 7.09. The molecule has 2 aromatic rings. The third kappa shape index (κ3) is 5.18. The van der Waals surface area contributed by atoms with Crippen molar-refractivity contribution in [3.05, 3.63) is 75.3 Å². The molecular formula is C26H31N3O2S. The van der Waals surface area contributed by atoms with Gasteiger partial charge in [0, 0.05) is 36.1 Å². The van der Waals surface area contributed by atoms with Crippen LogP contribution in [-0.4, -0.2) is 41.3 Å². The number of thiophene rings is 1. The van der Waals surface area contributed by atoms with Gasteiger partial charge in [0.1, 0.15) is 0 Å². The number of likely N-dealkylation sites (tertiary alicyclic amines) is 1. The minimum atomic E-state index is -0.123. The Hall–Kier alpha value is -2.73. The first kappa shape index (κ1) is 22.5. The number of hydrogen-bond acceptors (Lipinski definition) is 4. The van der Waals surface area contributed by atoms with Gasteiger partial charge in [0.15, 0.2) is 0 Å². The van der Waals surface area contributed by atoms with Gasteiger partial charge < -0.3 is 10.2 Å². The molecular weight excluding hydrogens is 418 g/mol. The zero-order valence-electron chi connectivity index (χ0n) is 18.8. The number of amides is 2. The van der Waals surface area contributed by atoms with Crippen LogP contribution in [0.15, 0.2) is 53.4 Å². The molecule has 1 saturated heterocycles. The van der Waals surface area contributed by atoms with E-state index in [1.165, 1.54) is 4.88 Å². The van der Waals surface area contributed by atoms with Crippen molar-refractivity contribution in [3.63, 3.8) is 0 Å². The van der Waals surface area contributed by atoms with Crippen LogP contribution in [0.2, 0.25) is 0 Å². The van der Waals surface area contributed by atoms with Crippen molar-refractivity contribution in [2.75, 3.05) is 19.6 Å². The number of piperidine rings is 1. The predicted molar refractivity (Wildman–Crippen MR) is 129 cm³/mol. The van der Waals surface area contributed by atoms with Gasteiger partial charge in [-0.15, -0.1) is 11.3 Å². The summed E-state index contributed by atoms with van der Waals surface area (Å²) in [4.78, 5) is 34.0. The fourth-order valence-corrected chi connectivity index (χ4v) is 5.23. The average molecular weight is 450 g/mol. The lowest BCUT2D eigenvalue weighted by Gasteiger charge is -2.34. The van der Waals surface area contributed by atoms with E-state index in [0.717, 1.165) is 42.6 Å². The van der Waals surface area contributed by atoms with Gasteiger partial charge >= 0.3 is 0 Å². The molecule has 2 amide bonds. The number of aryl methyl sites for hydroxylation is 1. The molecule has 32 heavy (non-hydrogen) atoms. The number of allylic oxidation sites excluding steroid dienone is 2. The molecule has 168 valence electrons. The Kier molecular flexibility index (Phi) is 7.20. The summed E-state index contributed by atoms with van der Waals surface area (Å²) < 4.78 is 0. The van der Waals surface area contributed by atoms with Gasteiger partial charge in [-0.1, -0.05) is 29.9 Å². The first-order valence-electron chi connectivity index (χ1n) is 11.4. The van der Waals surface area contributed by atoms with Gasteiger partial charge in [-0.05, 0) is 63.1 Å². The highest BCUT2D eigenvalue weighted by atomic mass is 32.1. The summed E-state index contributed by atoms with van der Waals surface area (Å²) in [5.74, 6) is 0.199. The summed E-state index contributed by atoms with van der Waals surface area (Å²) in [6.45, 7) is 6.03. The molecule has 1 unspecified atom stereocenters. The smallest absolute Gasteiger partial charge is 0.253 e. The second-order valence-electron chi connectivity index (χ2n) is 8.66. The Balaban J connectivity index is 1.39. The summed E-state index contributed by atoms with van der Waals surface area (Å²) in [5, 5.41) is 5.11. The fourth-order valence-electron chi connectivity index (χ4n) is 4.52. The summed E-state index contributed by atoms with van der Waals surface area (Å²) in [6.07, 6.45) is 9.65. The minimum Gasteiger partial charge on any atom is -0.352 e. The van der Waals surface area contributed by atoms with Crippen LogP contribution in [0.1, 0.15) is 58.7 Å². The number of carbonyl (C=O) groups excluding carboxylic acids is 2. The second-order valence-corrected chi connectivity index (χ2v) is 9.69. The van der Waals surface area contributed by atoms with Crippen LogP contribution >= 0.6 is 11.3 Å². The van der Waals surface area contributed by atoms with Gasteiger partial charge in [0.2, 0.25) is 5.91 Å². The third-order valence-electron chi connectivity index (χ3n) is 6.40. The van der Waals surface area contributed by atoms with Crippen molar-refractivity contribution in [2.45, 2.75) is 45.4 Å². The molecule has 2 aromatic heterocycles. The molecule has 0 radical (unpaired) electrons. The number of nitrogens with zero attached hydrogens (tertiary/aromatic N) is 2. The van der Waals surface area contributed by atoms with E-state index in [0.29, 0.717) is 25.2 Å². The van der Waals surface area contributed by atoms with E-state index in [2.05, 4.69) is 28.9 Å². The highest BCUT2D eigenvalue weighted by Gasteiger charge is 2.31. The molecule has 0 saturated carbocycles. The molecule has 1 N–H and O–H groups in total. The topological polar surface area (TPSA) is 62.3 Å². The van der Waals surface area contributed by atoms with E-state index in [9.17, 15) is 9.59 Å². The maximum absolute atomic E-state index is 13.0. The summed E-state index contributed by atoms with van der Waals surface area (Å²) in [5.41, 5.74) is 3.60. The molecule has 2 aliphatic rings. The summed E-state index contributed by atoms with van der Waals surface area (Å²) in [6, 6.07) is 7.92. The minimum absolute atomic E-state index is 0.0596. The van der Waals surface area contributed by atoms with E-state index < -0.39 is 0 Å². The summed E-state index contributed by atoms with van der Waals surface area (Å²) >= 11 is 1.71. The largest absolute Gasteiger partial charge is 0.352 e. The Morgan fingerprint density at radius 1 is 1.19 bits per heavy atom. The first-order chi connectivity index (χ1) is 15.5. The van der Waals surface area contributed by atoms with E-state index >= 15 is 0 Å². The zero-order valence-corrected chi connectivity index (χ0v) is 19.7. The quantitative estimate of drug-likeness (QED) is 0.653. The van der Waals surface area contributed by atoms with E-state index in [1.807, 2.05) is 43.0 Å². The van der Waals surface area contributed by atoms with E-state index in [-0.39, 0.29) is 23.7 Å². The van der Waals surface area contributed by atoms with Gasteiger partial charge in [-0.3, -0.25) is 14.6 Å². The van der Waals surface area contributed by atoms with Crippen LogP contribution in [0.4, 0.5) is 0 Å². The Morgan fingerprint density at radius 2 is 2.00 bits per heavy atom. The molecule has 3 heterocycles. The Bertz CT molecular complexity index is 1020. The first-order valence-corrected chi connectivity index (χ1v) is 12.3. The van der Waals surface area contributed by atoms with Crippen molar-refractivity contribution in [1.82, 2.24) is 15.2 Å². The van der Waals surface area contributed by atoms with Gasteiger partial charge in [-0.2, -0.15) is 0 Å². The van der Waals surface area contributed by atoms with Crippen molar-refractivity contribution in [2.24, 2.45) is 5.92 Å². The molecule has 0 bridgehead atoms. The van der Waals surface area contributed by atoms with Crippen molar-refractivity contribution < 1.29 is 9.59 Å². The molecule has 4 rings (SSSR count). The van der Waals surface area contributed by atoms with Gasteiger partial charge in [0.25, 0.3) is 5.91 Å². The van der Waals surface area contributed by atoms with Crippen molar-refractivity contribution in [1.29, 1.82) is 0 Å².